The van der Waals surface area contributed by atoms with Crippen LogP contribution in [0.4, 0.5) is 17.1 Å². The Bertz CT molecular complexity index is 965. The summed E-state index contributed by atoms with van der Waals surface area (Å²) in [6, 6.07) is 12.9. The molecular weight excluding hydrogens is 406 g/mol. The first kappa shape index (κ1) is 21.8. The number of nitrogens with zero attached hydrogens (tertiary/aromatic N) is 1. The van der Waals surface area contributed by atoms with Crippen LogP contribution in [0.3, 0.4) is 0 Å². The number of allylic oxidation sites excluding steroid dienone is 2. The van der Waals surface area contributed by atoms with Crippen molar-refractivity contribution in [3.63, 3.8) is 0 Å². The van der Waals surface area contributed by atoms with Crippen LogP contribution in [0.25, 0.3) is 0 Å². The van der Waals surface area contributed by atoms with Gasteiger partial charge in [-0.2, -0.15) is 0 Å². The van der Waals surface area contributed by atoms with Gasteiger partial charge in [-0.3, -0.25) is 4.79 Å². The average Bonchev–Trinajstić information content (AvgIpc) is 3.26. The molecule has 2 aliphatic rings. The number of amides is 1. The number of benzene rings is 2. The normalized spacial score (nSPS) is 21.2. The summed E-state index contributed by atoms with van der Waals surface area (Å²) in [5.41, 5.74) is 5.47. The summed E-state index contributed by atoms with van der Waals surface area (Å²) in [5, 5.41) is 7.56. The Morgan fingerprint density at radius 1 is 1.13 bits per heavy atom. The highest BCUT2D eigenvalue weighted by atomic mass is 35.5. The quantitative estimate of drug-likeness (QED) is 0.471. The van der Waals surface area contributed by atoms with Gasteiger partial charge in [0.2, 0.25) is 5.91 Å². The van der Waals surface area contributed by atoms with Crippen molar-refractivity contribution in [2.24, 2.45) is 5.92 Å². The fourth-order valence-electron chi connectivity index (χ4n) is 5.03. The Hall–Kier alpha value is -2.46. The second-order valence-corrected chi connectivity index (χ2v) is 8.83. The van der Waals surface area contributed by atoms with Gasteiger partial charge >= 0.3 is 0 Å². The van der Waals surface area contributed by atoms with Crippen molar-refractivity contribution >= 4 is 34.6 Å². The van der Waals surface area contributed by atoms with Gasteiger partial charge in [0.15, 0.2) is 0 Å². The topological polar surface area (TPSA) is 44.4 Å². The Morgan fingerprint density at radius 2 is 1.87 bits per heavy atom. The zero-order valence-electron chi connectivity index (χ0n) is 18.6. The van der Waals surface area contributed by atoms with E-state index in [1.54, 1.807) is 0 Å². The summed E-state index contributed by atoms with van der Waals surface area (Å²) >= 11 is 6.65. The van der Waals surface area contributed by atoms with Crippen molar-refractivity contribution in [2.45, 2.75) is 52.0 Å². The van der Waals surface area contributed by atoms with E-state index in [9.17, 15) is 4.79 Å². The van der Waals surface area contributed by atoms with Crippen molar-refractivity contribution in [2.75, 3.05) is 28.6 Å². The molecule has 0 radical (unpaired) electrons. The maximum absolute atomic E-state index is 12.3. The predicted octanol–water partition coefficient (Wildman–Crippen LogP) is 6.75. The summed E-state index contributed by atoms with van der Waals surface area (Å²) in [6.07, 6.45) is 6.91. The number of rotatable bonds is 7. The van der Waals surface area contributed by atoms with Crippen molar-refractivity contribution in [1.29, 1.82) is 0 Å². The van der Waals surface area contributed by atoms with Crippen molar-refractivity contribution in [1.82, 2.24) is 0 Å². The molecule has 2 N–H and O–H groups in total. The van der Waals surface area contributed by atoms with Gasteiger partial charge in [-0.15, -0.1) is 0 Å². The highest BCUT2D eigenvalue weighted by Gasteiger charge is 2.40. The number of hydrogen-bond donors (Lipinski definition) is 2. The van der Waals surface area contributed by atoms with E-state index in [1.807, 2.05) is 19.1 Å². The molecule has 2 aromatic rings. The molecule has 0 aromatic heterocycles. The molecule has 3 unspecified atom stereocenters. The first-order chi connectivity index (χ1) is 15.1. The lowest BCUT2D eigenvalue weighted by atomic mass is 9.76. The van der Waals surface area contributed by atoms with Crippen LogP contribution in [-0.2, 0) is 4.79 Å². The van der Waals surface area contributed by atoms with Gasteiger partial charge < -0.3 is 15.5 Å². The highest BCUT2D eigenvalue weighted by Crippen LogP contribution is 2.53. The van der Waals surface area contributed by atoms with Gasteiger partial charge in [0, 0.05) is 42.4 Å². The SMILES string of the molecule is CCCC(=O)Nc1ccc(Cl)c2c1C1C=CCC1C(c1ccc(N(CC)CC)cc1)N2. The van der Waals surface area contributed by atoms with Crippen LogP contribution >= 0.6 is 11.6 Å². The summed E-state index contributed by atoms with van der Waals surface area (Å²) in [5.74, 6) is 0.686. The first-order valence-corrected chi connectivity index (χ1v) is 11.8. The molecule has 164 valence electrons. The minimum absolute atomic E-state index is 0.0552. The minimum Gasteiger partial charge on any atom is -0.376 e. The molecule has 31 heavy (non-hydrogen) atoms. The molecule has 1 heterocycles. The zero-order valence-corrected chi connectivity index (χ0v) is 19.4. The average molecular weight is 438 g/mol. The van der Waals surface area contributed by atoms with Crippen LogP contribution in [0.2, 0.25) is 5.02 Å². The maximum Gasteiger partial charge on any atom is 0.224 e. The molecule has 0 saturated heterocycles. The Balaban J connectivity index is 1.68. The summed E-state index contributed by atoms with van der Waals surface area (Å²) in [7, 11) is 0. The molecule has 4 nitrogen and oxygen atoms in total. The largest absolute Gasteiger partial charge is 0.376 e. The van der Waals surface area contributed by atoms with Gasteiger partial charge in [-0.05, 0) is 62.4 Å². The van der Waals surface area contributed by atoms with Crippen molar-refractivity contribution in [3.05, 3.63) is 64.7 Å². The fraction of sp³-hybridized carbons (Fsp3) is 0.423. The van der Waals surface area contributed by atoms with Gasteiger partial charge in [0.25, 0.3) is 0 Å². The summed E-state index contributed by atoms with van der Waals surface area (Å²) in [6.45, 7) is 8.39. The van der Waals surface area contributed by atoms with E-state index in [2.05, 4.69) is 65.8 Å². The van der Waals surface area contributed by atoms with Crippen LogP contribution in [0.5, 0.6) is 0 Å². The van der Waals surface area contributed by atoms with Gasteiger partial charge in [0.05, 0.1) is 16.8 Å². The Labute approximate surface area is 190 Å². The van der Waals surface area contributed by atoms with Crippen LogP contribution < -0.4 is 15.5 Å². The molecular formula is C26H32ClN3O. The fourth-order valence-corrected chi connectivity index (χ4v) is 5.25. The van der Waals surface area contributed by atoms with Crippen LogP contribution in [0.15, 0.2) is 48.6 Å². The van der Waals surface area contributed by atoms with Crippen molar-refractivity contribution < 1.29 is 4.79 Å². The number of anilines is 3. The smallest absolute Gasteiger partial charge is 0.224 e. The van der Waals surface area contributed by atoms with E-state index in [-0.39, 0.29) is 17.9 Å². The number of fused-ring (bicyclic) bond motifs is 3. The minimum atomic E-state index is 0.0552. The highest BCUT2D eigenvalue weighted by molar-refractivity contribution is 6.33. The molecule has 3 atom stereocenters. The van der Waals surface area contributed by atoms with E-state index in [4.69, 9.17) is 11.6 Å². The molecule has 1 aliphatic carbocycles. The molecule has 0 saturated carbocycles. The van der Waals surface area contributed by atoms with Gasteiger partial charge in [0.1, 0.15) is 0 Å². The first-order valence-electron chi connectivity index (χ1n) is 11.5. The number of hydrogen-bond acceptors (Lipinski definition) is 3. The lowest BCUT2D eigenvalue weighted by molar-refractivity contribution is -0.116. The number of halogens is 1. The third kappa shape index (κ3) is 4.18. The third-order valence-electron chi connectivity index (χ3n) is 6.60. The van der Waals surface area contributed by atoms with Crippen LogP contribution in [0.1, 0.15) is 63.1 Å². The van der Waals surface area contributed by atoms with Crippen molar-refractivity contribution in [3.8, 4) is 0 Å². The molecule has 0 bridgehead atoms. The van der Waals surface area contributed by atoms with E-state index in [1.165, 1.54) is 11.3 Å². The monoisotopic (exact) mass is 437 g/mol. The molecule has 0 spiro atoms. The number of carbonyl (C=O) groups excluding carboxylic acids is 1. The van der Waals surface area contributed by atoms with E-state index in [0.29, 0.717) is 17.4 Å². The lowest BCUT2D eigenvalue weighted by Gasteiger charge is -2.39. The lowest BCUT2D eigenvalue weighted by Crippen LogP contribution is -2.30. The second-order valence-electron chi connectivity index (χ2n) is 8.42. The van der Waals surface area contributed by atoms with Crippen LogP contribution in [0, 0.1) is 5.92 Å². The molecule has 4 rings (SSSR count). The van der Waals surface area contributed by atoms with Crippen LogP contribution in [-0.4, -0.2) is 19.0 Å². The molecule has 2 aromatic carbocycles. The Morgan fingerprint density at radius 3 is 2.55 bits per heavy atom. The Kier molecular flexibility index (Phi) is 6.57. The molecule has 5 heteroatoms. The van der Waals surface area contributed by atoms with Gasteiger partial charge in [-0.25, -0.2) is 0 Å². The standard InChI is InChI=1S/C26H32ClN3O/c1-4-8-23(31)28-22-16-15-21(27)26-24(22)19-9-7-10-20(19)25(29-26)17-11-13-18(14-12-17)30(5-2)6-3/h7,9,11-16,19-20,25,29H,4-6,8,10H2,1-3H3,(H,28,31). The second kappa shape index (κ2) is 9.35. The van der Waals surface area contributed by atoms with Gasteiger partial charge in [-0.1, -0.05) is 42.8 Å². The third-order valence-corrected chi connectivity index (χ3v) is 6.92. The summed E-state index contributed by atoms with van der Waals surface area (Å²) in [4.78, 5) is 14.7. The predicted molar refractivity (Wildman–Crippen MR) is 131 cm³/mol. The number of carbonyl (C=O) groups is 1. The summed E-state index contributed by atoms with van der Waals surface area (Å²) < 4.78 is 0. The number of nitrogens with one attached hydrogen (secondary N) is 2. The van der Waals surface area contributed by atoms with E-state index in [0.717, 1.165) is 42.9 Å². The molecule has 1 aliphatic heterocycles. The molecule has 1 amide bonds. The maximum atomic E-state index is 12.3. The molecule has 0 fully saturated rings. The van der Waals surface area contributed by atoms with E-state index < -0.39 is 0 Å². The van der Waals surface area contributed by atoms with E-state index >= 15 is 0 Å². The zero-order chi connectivity index (χ0) is 22.0.